The van der Waals surface area contributed by atoms with E-state index in [4.69, 9.17) is 4.74 Å². The van der Waals surface area contributed by atoms with Gasteiger partial charge in [-0.1, -0.05) is 48.5 Å². The third kappa shape index (κ3) is 7.19. The van der Waals surface area contributed by atoms with Crippen molar-refractivity contribution in [1.82, 2.24) is 5.32 Å². The molecule has 0 heterocycles. The van der Waals surface area contributed by atoms with Crippen LogP contribution in [0.1, 0.15) is 22.3 Å². The maximum atomic E-state index is 12.6. The molecular weight excluding hydrogens is 408 g/mol. The smallest absolute Gasteiger partial charge is 0.252 e. The molecule has 5 nitrogen and oxygen atoms in total. The van der Waals surface area contributed by atoms with Crippen molar-refractivity contribution in [2.45, 2.75) is 17.7 Å². The van der Waals surface area contributed by atoms with Crippen LogP contribution in [0.4, 0.5) is 5.69 Å². The highest BCUT2D eigenvalue weighted by Crippen LogP contribution is 2.23. The topological polar surface area (TPSA) is 67.4 Å². The van der Waals surface area contributed by atoms with Crippen LogP contribution in [-0.2, 0) is 11.2 Å². The van der Waals surface area contributed by atoms with Gasteiger partial charge in [0.15, 0.2) is 0 Å². The molecule has 0 aromatic heterocycles. The summed E-state index contributed by atoms with van der Waals surface area (Å²) >= 11 is 1.34. The van der Waals surface area contributed by atoms with Crippen LogP contribution in [0.3, 0.4) is 0 Å². The van der Waals surface area contributed by atoms with Gasteiger partial charge < -0.3 is 15.4 Å². The number of hydrogen-bond donors (Lipinski definition) is 2. The van der Waals surface area contributed by atoms with Crippen LogP contribution in [0.15, 0.2) is 83.8 Å². The van der Waals surface area contributed by atoms with Gasteiger partial charge in [0.1, 0.15) is 5.75 Å². The summed E-state index contributed by atoms with van der Waals surface area (Å²) in [7, 11) is 1.58. The average Bonchev–Trinajstić information content (AvgIpc) is 2.81. The molecule has 3 rings (SSSR count). The predicted octanol–water partition coefficient (Wildman–Crippen LogP) is 4.79. The number of ether oxygens (including phenoxy) is 1. The van der Waals surface area contributed by atoms with Crippen LogP contribution in [-0.4, -0.2) is 31.2 Å². The second-order valence-corrected chi connectivity index (χ2v) is 7.93. The molecule has 0 saturated heterocycles. The summed E-state index contributed by atoms with van der Waals surface area (Å²) in [6, 6.07) is 24.8. The molecular formula is C25H26N2O3S. The minimum Gasteiger partial charge on any atom is -0.497 e. The van der Waals surface area contributed by atoms with E-state index in [-0.39, 0.29) is 17.6 Å². The summed E-state index contributed by atoms with van der Waals surface area (Å²) in [6.45, 7) is 0.600. The SMILES string of the molecule is COc1cccc(NC(=O)CSc2ccccc2C(=O)NCCCc2ccccc2)c1. The van der Waals surface area contributed by atoms with Crippen LogP contribution in [0.5, 0.6) is 5.75 Å². The van der Waals surface area contributed by atoms with Gasteiger partial charge in [-0.25, -0.2) is 0 Å². The van der Waals surface area contributed by atoms with Gasteiger partial charge >= 0.3 is 0 Å². The lowest BCUT2D eigenvalue weighted by Gasteiger charge is -2.11. The van der Waals surface area contributed by atoms with E-state index in [0.29, 0.717) is 23.5 Å². The Balaban J connectivity index is 1.49. The monoisotopic (exact) mass is 434 g/mol. The van der Waals surface area contributed by atoms with Gasteiger partial charge in [0.2, 0.25) is 5.91 Å². The van der Waals surface area contributed by atoms with Gasteiger partial charge in [-0.2, -0.15) is 0 Å². The van der Waals surface area contributed by atoms with E-state index in [0.717, 1.165) is 17.7 Å². The maximum absolute atomic E-state index is 12.6. The van der Waals surface area contributed by atoms with Crippen molar-refractivity contribution in [2.75, 3.05) is 24.7 Å². The van der Waals surface area contributed by atoms with Gasteiger partial charge in [-0.05, 0) is 42.7 Å². The molecule has 0 aliphatic heterocycles. The summed E-state index contributed by atoms with van der Waals surface area (Å²) in [5.41, 5.74) is 2.52. The fraction of sp³-hybridized carbons (Fsp3) is 0.200. The van der Waals surface area contributed by atoms with Crippen LogP contribution in [0.2, 0.25) is 0 Å². The number of methoxy groups -OCH3 is 1. The lowest BCUT2D eigenvalue weighted by atomic mass is 10.1. The zero-order valence-electron chi connectivity index (χ0n) is 17.5. The number of hydrogen-bond acceptors (Lipinski definition) is 4. The Bertz CT molecular complexity index is 1010. The summed E-state index contributed by atoms with van der Waals surface area (Å²) in [4.78, 5) is 25.8. The second kappa shape index (κ2) is 11.8. The molecule has 3 aromatic rings. The Hall–Kier alpha value is -3.25. The van der Waals surface area contributed by atoms with E-state index in [9.17, 15) is 9.59 Å². The third-order valence-electron chi connectivity index (χ3n) is 4.61. The highest BCUT2D eigenvalue weighted by atomic mass is 32.2. The van der Waals surface area contributed by atoms with E-state index in [1.807, 2.05) is 54.6 Å². The van der Waals surface area contributed by atoms with Crippen molar-refractivity contribution in [3.63, 3.8) is 0 Å². The fourth-order valence-corrected chi connectivity index (χ4v) is 3.91. The number of anilines is 1. The lowest BCUT2D eigenvalue weighted by Crippen LogP contribution is -2.25. The van der Waals surface area contributed by atoms with Crippen molar-refractivity contribution < 1.29 is 14.3 Å². The highest BCUT2D eigenvalue weighted by molar-refractivity contribution is 8.00. The zero-order chi connectivity index (χ0) is 21.9. The molecule has 6 heteroatoms. The number of nitrogens with one attached hydrogen (secondary N) is 2. The molecule has 0 saturated carbocycles. The molecule has 160 valence electrons. The predicted molar refractivity (Wildman–Crippen MR) is 126 cm³/mol. The van der Waals surface area contributed by atoms with Crippen molar-refractivity contribution in [3.8, 4) is 5.75 Å². The minimum atomic E-state index is -0.142. The Kier molecular flexibility index (Phi) is 8.55. The van der Waals surface area contributed by atoms with E-state index in [1.165, 1.54) is 17.3 Å². The Morgan fingerprint density at radius 2 is 1.71 bits per heavy atom. The maximum Gasteiger partial charge on any atom is 0.252 e. The molecule has 0 fully saturated rings. The first-order valence-electron chi connectivity index (χ1n) is 10.1. The average molecular weight is 435 g/mol. The minimum absolute atomic E-state index is 0.121. The summed E-state index contributed by atoms with van der Waals surface area (Å²) < 4.78 is 5.17. The van der Waals surface area contributed by atoms with E-state index < -0.39 is 0 Å². The zero-order valence-corrected chi connectivity index (χ0v) is 18.3. The van der Waals surface area contributed by atoms with E-state index in [2.05, 4.69) is 22.8 Å². The number of aryl methyl sites for hydroxylation is 1. The van der Waals surface area contributed by atoms with Gasteiger partial charge in [-0.15, -0.1) is 11.8 Å². The van der Waals surface area contributed by atoms with Crippen LogP contribution >= 0.6 is 11.8 Å². The van der Waals surface area contributed by atoms with Crippen molar-refractivity contribution >= 4 is 29.3 Å². The fourth-order valence-electron chi connectivity index (χ4n) is 3.06. The molecule has 0 radical (unpaired) electrons. The number of thioether (sulfide) groups is 1. The molecule has 0 aliphatic carbocycles. The summed E-state index contributed by atoms with van der Waals surface area (Å²) in [6.07, 6.45) is 1.79. The lowest BCUT2D eigenvalue weighted by molar-refractivity contribution is -0.113. The Morgan fingerprint density at radius 1 is 0.935 bits per heavy atom. The van der Waals surface area contributed by atoms with Crippen molar-refractivity contribution in [1.29, 1.82) is 0 Å². The number of rotatable bonds is 10. The number of carbonyl (C=O) groups excluding carboxylic acids is 2. The molecule has 0 atom stereocenters. The second-order valence-electron chi connectivity index (χ2n) is 6.91. The number of carbonyl (C=O) groups is 2. The summed E-state index contributed by atoms with van der Waals surface area (Å²) in [5.74, 6) is 0.621. The quantitative estimate of drug-likeness (QED) is 0.356. The first kappa shape index (κ1) is 22.4. The van der Waals surface area contributed by atoms with Crippen LogP contribution in [0, 0.1) is 0 Å². The van der Waals surface area contributed by atoms with Gasteiger partial charge in [0.05, 0.1) is 18.4 Å². The Labute approximate surface area is 187 Å². The van der Waals surface area contributed by atoms with Crippen LogP contribution in [0.25, 0.3) is 0 Å². The standard InChI is InChI=1S/C25H26N2O3S/c1-30-21-13-7-12-20(17-21)27-24(28)18-31-23-15-6-5-14-22(23)25(29)26-16-8-11-19-9-3-2-4-10-19/h2-7,9-10,12-15,17H,8,11,16,18H2,1H3,(H,26,29)(H,27,28). The number of benzene rings is 3. The third-order valence-corrected chi connectivity index (χ3v) is 5.69. The summed E-state index contributed by atoms with van der Waals surface area (Å²) in [5, 5.41) is 5.84. The first-order chi connectivity index (χ1) is 15.2. The van der Waals surface area contributed by atoms with Crippen LogP contribution < -0.4 is 15.4 Å². The molecule has 2 N–H and O–H groups in total. The first-order valence-corrected chi connectivity index (χ1v) is 11.1. The molecule has 2 amide bonds. The molecule has 3 aromatic carbocycles. The highest BCUT2D eigenvalue weighted by Gasteiger charge is 2.13. The number of amides is 2. The molecule has 31 heavy (non-hydrogen) atoms. The van der Waals surface area contributed by atoms with Gasteiger partial charge in [0.25, 0.3) is 5.91 Å². The normalized spacial score (nSPS) is 10.4. The van der Waals surface area contributed by atoms with Gasteiger partial charge in [-0.3, -0.25) is 9.59 Å². The van der Waals surface area contributed by atoms with Gasteiger partial charge in [0, 0.05) is 23.2 Å². The molecule has 0 bridgehead atoms. The van der Waals surface area contributed by atoms with Crippen molar-refractivity contribution in [3.05, 3.63) is 90.0 Å². The molecule has 0 spiro atoms. The molecule has 0 aliphatic rings. The van der Waals surface area contributed by atoms with E-state index in [1.54, 1.807) is 19.2 Å². The molecule has 0 unspecified atom stereocenters. The van der Waals surface area contributed by atoms with E-state index >= 15 is 0 Å². The Morgan fingerprint density at radius 3 is 2.52 bits per heavy atom. The largest absolute Gasteiger partial charge is 0.497 e. The van der Waals surface area contributed by atoms with Crippen molar-refractivity contribution in [2.24, 2.45) is 0 Å².